The van der Waals surface area contributed by atoms with E-state index in [9.17, 15) is 4.79 Å². The molecule has 1 saturated carbocycles. The molecule has 1 amide bonds. The molecule has 3 N–H and O–H groups in total. The molecule has 1 aliphatic rings. The molecule has 0 aromatic heterocycles. The van der Waals surface area contributed by atoms with Crippen LogP contribution in [0.3, 0.4) is 0 Å². The Hall–Kier alpha value is -1.71. The van der Waals surface area contributed by atoms with Gasteiger partial charge in [-0.1, -0.05) is 25.3 Å². The normalized spacial score (nSPS) is 18.2. The zero-order valence-corrected chi connectivity index (χ0v) is 11.6. The quantitative estimate of drug-likeness (QED) is 0.828. The molecule has 4 nitrogen and oxygen atoms in total. The number of nitrogens with two attached hydrogens (primary N) is 1. The van der Waals surface area contributed by atoms with Crippen LogP contribution < -0.4 is 15.8 Å². The second-order valence-electron chi connectivity index (χ2n) is 5.55. The first-order valence-corrected chi connectivity index (χ1v) is 6.75. The number of amides is 1. The molecular weight excluding hydrogens is 240 g/mol. The van der Waals surface area contributed by atoms with E-state index >= 15 is 0 Å². The lowest BCUT2D eigenvalue weighted by Gasteiger charge is -2.36. The van der Waals surface area contributed by atoms with E-state index in [1.807, 2.05) is 31.2 Å². The Balaban J connectivity index is 2.12. The third-order valence-corrected chi connectivity index (χ3v) is 3.96. The van der Waals surface area contributed by atoms with Gasteiger partial charge in [0.25, 0.3) is 0 Å². The van der Waals surface area contributed by atoms with Crippen LogP contribution in [0.5, 0.6) is 5.75 Å². The van der Waals surface area contributed by atoms with Crippen LogP contribution in [0.1, 0.15) is 32.6 Å². The molecule has 0 aliphatic heterocycles. The summed E-state index contributed by atoms with van der Waals surface area (Å²) in [5.74, 6) is 1.07. The highest BCUT2D eigenvalue weighted by molar-refractivity contribution is 5.87. The predicted molar refractivity (Wildman–Crippen MR) is 76.2 cm³/mol. The Bertz CT molecular complexity index is 457. The SMILES string of the molecule is COc1cccc(NC(C)(CC2CCC2)C(N)=O)c1. The number of benzene rings is 1. The minimum atomic E-state index is -0.697. The van der Waals surface area contributed by atoms with Crippen molar-refractivity contribution in [3.63, 3.8) is 0 Å². The van der Waals surface area contributed by atoms with Gasteiger partial charge in [-0.3, -0.25) is 4.79 Å². The molecule has 0 radical (unpaired) electrons. The van der Waals surface area contributed by atoms with Crippen LogP contribution in [-0.4, -0.2) is 18.6 Å². The number of primary amides is 1. The fourth-order valence-corrected chi connectivity index (χ4v) is 2.51. The minimum Gasteiger partial charge on any atom is -0.497 e. The standard InChI is InChI=1S/C15H22N2O2/c1-15(14(16)18,10-11-5-3-6-11)17-12-7-4-8-13(9-12)19-2/h4,7-9,11,17H,3,5-6,10H2,1-2H3,(H2,16,18). The number of carbonyl (C=O) groups excluding carboxylic acids is 1. The molecule has 4 heteroatoms. The average molecular weight is 262 g/mol. The number of carbonyl (C=O) groups is 1. The third kappa shape index (κ3) is 3.19. The molecule has 1 aliphatic carbocycles. The monoisotopic (exact) mass is 262 g/mol. The molecular formula is C15H22N2O2. The molecule has 1 fully saturated rings. The second kappa shape index (κ2) is 5.51. The average Bonchev–Trinajstić information content (AvgIpc) is 2.34. The molecule has 1 aromatic rings. The fourth-order valence-electron chi connectivity index (χ4n) is 2.51. The maximum absolute atomic E-state index is 11.8. The van der Waals surface area contributed by atoms with E-state index < -0.39 is 5.54 Å². The summed E-state index contributed by atoms with van der Waals surface area (Å²) in [4.78, 5) is 11.8. The Morgan fingerprint density at radius 3 is 2.79 bits per heavy atom. The molecule has 1 aromatic carbocycles. The molecule has 0 heterocycles. The Morgan fingerprint density at radius 2 is 2.26 bits per heavy atom. The third-order valence-electron chi connectivity index (χ3n) is 3.96. The maximum atomic E-state index is 11.8. The van der Waals surface area contributed by atoms with Gasteiger partial charge in [0.15, 0.2) is 0 Å². The van der Waals surface area contributed by atoms with Gasteiger partial charge in [-0.25, -0.2) is 0 Å². The topological polar surface area (TPSA) is 64.3 Å². The van der Waals surface area contributed by atoms with E-state index in [2.05, 4.69) is 5.32 Å². The Kier molecular flexibility index (Phi) is 3.98. The van der Waals surface area contributed by atoms with Crippen LogP contribution >= 0.6 is 0 Å². The van der Waals surface area contributed by atoms with Crippen molar-refractivity contribution in [1.29, 1.82) is 0 Å². The lowest BCUT2D eigenvalue weighted by atomic mass is 9.76. The van der Waals surface area contributed by atoms with Crippen molar-refractivity contribution < 1.29 is 9.53 Å². The lowest BCUT2D eigenvalue weighted by molar-refractivity contribution is -0.122. The van der Waals surface area contributed by atoms with Crippen molar-refractivity contribution in [2.24, 2.45) is 11.7 Å². The number of hydrogen-bond donors (Lipinski definition) is 2. The van der Waals surface area contributed by atoms with Gasteiger partial charge in [-0.2, -0.15) is 0 Å². The van der Waals surface area contributed by atoms with Crippen molar-refractivity contribution in [2.75, 3.05) is 12.4 Å². The number of methoxy groups -OCH3 is 1. The highest BCUT2D eigenvalue weighted by atomic mass is 16.5. The number of rotatable bonds is 6. The summed E-state index contributed by atoms with van der Waals surface area (Å²) in [6, 6.07) is 7.57. The summed E-state index contributed by atoms with van der Waals surface area (Å²) in [6.45, 7) is 1.88. The van der Waals surface area contributed by atoms with Crippen molar-refractivity contribution in [3.05, 3.63) is 24.3 Å². The first-order chi connectivity index (χ1) is 9.03. The van der Waals surface area contributed by atoms with Crippen LogP contribution in [-0.2, 0) is 4.79 Å². The van der Waals surface area contributed by atoms with Gasteiger partial charge in [0, 0.05) is 11.8 Å². The minimum absolute atomic E-state index is 0.304. The number of ether oxygens (including phenoxy) is 1. The van der Waals surface area contributed by atoms with E-state index in [1.54, 1.807) is 7.11 Å². The molecule has 0 saturated heterocycles. The summed E-state index contributed by atoms with van der Waals surface area (Å²) < 4.78 is 5.19. The Morgan fingerprint density at radius 1 is 1.53 bits per heavy atom. The van der Waals surface area contributed by atoms with Crippen molar-refractivity contribution in [2.45, 2.75) is 38.1 Å². The number of nitrogens with one attached hydrogen (secondary N) is 1. The second-order valence-corrected chi connectivity index (χ2v) is 5.55. The number of anilines is 1. The largest absolute Gasteiger partial charge is 0.497 e. The zero-order chi connectivity index (χ0) is 13.9. The van der Waals surface area contributed by atoms with E-state index in [1.165, 1.54) is 19.3 Å². The van der Waals surface area contributed by atoms with Crippen molar-refractivity contribution in [1.82, 2.24) is 0 Å². The fraction of sp³-hybridized carbons (Fsp3) is 0.533. The van der Waals surface area contributed by atoms with Gasteiger partial charge in [0.2, 0.25) is 5.91 Å². The van der Waals surface area contributed by atoms with Crippen molar-refractivity contribution >= 4 is 11.6 Å². The summed E-state index contributed by atoms with van der Waals surface area (Å²) in [5.41, 5.74) is 5.75. The van der Waals surface area contributed by atoms with Gasteiger partial charge >= 0.3 is 0 Å². The molecule has 1 atom stereocenters. The lowest BCUT2D eigenvalue weighted by Crippen LogP contribution is -2.49. The highest BCUT2D eigenvalue weighted by Gasteiger charge is 2.35. The molecule has 19 heavy (non-hydrogen) atoms. The Labute approximate surface area is 114 Å². The van der Waals surface area contributed by atoms with Crippen LogP contribution in [0.4, 0.5) is 5.69 Å². The first-order valence-electron chi connectivity index (χ1n) is 6.75. The van der Waals surface area contributed by atoms with E-state index in [-0.39, 0.29) is 5.91 Å². The number of hydrogen-bond acceptors (Lipinski definition) is 3. The molecule has 1 unspecified atom stereocenters. The maximum Gasteiger partial charge on any atom is 0.242 e. The van der Waals surface area contributed by atoms with Gasteiger partial charge < -0.3 is 15.8 Å². The molecule has 0 bridgehead atoms. The zero-order valence-electron chi connectivity index (χ0n) is 11.6. The molecule has 0 spiro atoms. The van der Waals surface area contributed by atoms with Crippen LogP contribution in [0, 0.1) is 5.92 Å². The van der Waals surface area contributed by atoms with Gasteiger partial charge in [0.1, 0.15) is 11.3 Å². The summed E-state index contributed by atoms with van der Waals surface area (Å²) in [7, 11) is 1.63. The van der Waals surface area contributed by atoms with E-state index in [0.29, 0.717) is 5.92 Å². The highest BCUT2D eigenvalue weighted by Crippen LogP contribution is 2.35. The van der Waals surface area contributed by atoms with Gasteiger partial charge in [0.05, 0.1) is 7.11 Å². The van der Waals surface area contributed by atoms with Crippen LogP contribution in [0.2, 0.25) is 0 Å². The van der Waals surface area contributed by atoms with Gasteiger partial charge in [-0.15, -0.1) is 0 Å². The summed E-state index contributed by atoms with van der Waals surface area (Å²) in [6.07, 6.45) is 4.45. The summed E-state index contributed by atoms with van der Waals surface area (Å²) >= 11 is 0. The van der Waals surface area contributed by atoms with E-state index in [0.717, 1.165) is 17.9 Å². The first kappa shape index (κ1) is 13.7. The summed E-state index contributed by atoms with van der Waals surface area (Å²) in [5, 5.41) is 3.27. The smallest absolute Gasteiger partial charge is 0.242 e. The van der Waals surface area contributed by atoms with Crippen LogP contribution in [0.15, 0.2) is 24.3 Å². The van der Waals surface area contributed by atoms with Crippen LogP contribution in [0.25, 0.3) is 0 Å². The van der Waals surface area contributed by atoms with E-state index in [4.69, 9.17) is 10.5 Å². The van der Waals surface area contributed by atoms with Crippen molar-refractivity contribution in [3.8, 4) is 5.75 Å². The van der Waals surface area contributed by atoms with Gasteiger partial charge in [-0.05, 0) is 31.4 Å². The predicted octanol–water partition coefficient (Wildman–Crippen LogP) is 2.54. The molecule has 2 rings (SSSR count). The molecule has 104 valence electrons.